The Morgan fingerprint density at radius 3 is 2.83 bits per heavy atom. The summed E-state index contributed by atoms with van der Waals surface area (Å²) < 4.78 is 7.91. The van der Waals surface area contributed by atoms with E-state index >= 15 is 0 Å². The third kappa shape index (κ3) is 4.99. The number of hydrogen-bond donors (Lipinski definition) is 1. The number of likely N-dealkylation sites (tertiary alicyclic amines) is 1. The maximum atomic E-state index is 12.1. The van der Waals surface area contributed by atoms with E-state index in [-0.39, 0.29) is 11.5 Å². The van der Waals surface area contributed by atoms with E-state index in [1.165, 1.54) is 11.1 Å². The first-order valence-electron chi connectivity index (χ1n) is 10.7. The number of hydrogen-bond acceptors (Lipinski definition) is 4. The van der Waals surface area contributed by atoms with Crippen molar-refractivity contribution >= 4 is 5.91 Å². The lowest BCUT2D eigenvalue weighted by Crippen LogP contribution is -2.39. The summed E-state index contributed by atoms with van der Waals surface area (Å²) in [6.45, 7) is 10.4. The van der Waals surface area contributed by atoms with E-state index in [2.05, 4.69) is 47.4 Å². The number of aromatic nitrogens is 2. The molecule has 0 radical (unpaired) electrons. The average molecular weight is 397 g/mol. The second-order valence-electron chi connectivity index (χ2n) is 9.18. The molecule has 6 heteroatoms. The maximum absolute atomic E-state index is 12.1. The molecule has 1 N–H and O–H groups in total. The number of amides is 1. The predicted octanol–water partition coefficient (Wildman–Crippen LogP) is 2.93. The van der Waals surface area contributed by atoms with Crippen LogP contribution in [0.3, 0.4) is 0 Å². The van der Waals surface area contributed by atoms with Crippen molar-refractivity contribution in [1.29, 1.82) is 0 Å². The highest BCUT2D eigenvalue weighted by Gasteiger charge is 2.32. The van der Waals surface area contributed by atoms with Crippen LogP contribution in [-0.4, -0.2) is 45.8 Å². The summed E-state index contributed by atoms with van der Waals surface area (Å²) in [6.07, 6.45) is 6.88. The highest BCUT2D eigenvalue weighted by atomic mass is 16.5. The number of carbonyl (C=O) groups excluding carboxylic acids is 1. The molecule has 2 aliphatic rings. The molecule has 1 amide bonds. The Morgan fingerprint density at radius 1 is 1.31 bits per heavy atom. The van der Waals surface area contributed by atoms with E-state index in [1.807, 2.05) is 13.1 Å². The molecule has 2 aromatic rings. The molecule has 0 aliphatic carbocycles. The first kappa shape index (κ1) is 20.0. The van der Waals surface area contributed by atoms with Gasteiger partial charge in [-0.25, -0.2) is 0 Å². The summed E-state index contributed by atoms with van der Waals surface area (Å²) >= 11 is 0. The number of benzene rings is 1. The summed E-state index contributed by atoms with van der Waals surface area (Å²) in [7, 11) is 0. The van der Waals surface area contributed by atoms with Gasteiger partial charge in [0.25, 0.3) is 0 Å². The molecule has 1 aromatic carbocycles. The van der Waals surface area contributed by atoms with Gasteiger partial charge in [0.15, 0.2) is 0 Å². The van der Waals surface area contributed by atoms with E-state index in [1.54, 1.807) is 10.9 Å². The Hall–Kier alpha value is -2.34. The SMILES string of the molecule is Cc1cnn(CC(=O)NCC2CCN(Cc3cccc4c3OC(C)(C)C4)CC2)c1. The Kier molecular flexibility index (Phi) is 5.63. The van der Waals surface area contributed by atoms with Crippen molar-refractivity contribution < 1.29 is 9.53 Å². The smallest absolute Gasteiger partial charge is 0.241 e. The quantitative estimate of drug-likeness (QED) is 0.816. The van der Waals surface area contributed by atoms with Gasteiger partial charge in [-0.15, -0.1) is 0 Å². The molecule has 4 rings (SSSR count). The lowest BCUT2D eigenvalue weighted by Gasteiger charge is -2.32. The third-order valence-corrected chi connectivity index (χ3v) is 5.93. The number of aryl methyl sites for hydroxylation is 1. The van der Waals surface area contributed by atoms with E-state index in [4.69, 9.17) is 4.74 Å². The van der Waals surface area contributed by atoms with Gasteiger partial charge in [-0.1, -0.05) is 18.2 Å². The predicted molar refractivity (Wildman–Crippen MR) is 113 cm³/mol. The van der Waals surface area contributed by atoms with Gasteiger partial charge in [0.05, 0.1) is 6.20 Å². The fraction of sp³-hybridized carbons (Fsp3) is 0.565. The van der Waals surface area contributed by atoms with E-state index in [0.717, 1.165) is 56.8 Å². The largest absolute Gasteiger partial charge is 0.487 e. The molecule has 1 aromatic heterocycles. The summed E-state index contributed by atoms with van der Waals surface area (Å²) in [5.74, 6) is 1.68. The summed E-state index contributed by atoms with van der Waals surface area (Å²) in [6, 6.07) is 6.54. The molecule has 0 saturated carbocycles. The van der Waals surface area contributed by atoms with Gasteiger partial charge in [-0.05, 0) is 63.7 Å². The summed E-state index contributed by atoms with van der Waals surface area (Å²) in [5.41, 5.74) is 3.61. The number of piperidine rings is 1. The zero-order valence-corrected chi connectivity index (χ0v) is 17.8. The van der Waals surface area contributed by atoms with Gasteiger partial charge in [0.1, 0.15) is 17.9 Å². The first-order chi connectivity index (χ1) is 13.9. The molecule has 0 atom stereocenters. The van der Waals surface area contributed by atoms with Crippen molar-refractivity contribution in [1.82, 2.24) is 20.0 Å². The number of rotatable bonds is 6. The van der Waals surface area contributed by atoms with Crippen LogP contribution < -0.4 is 10.1 Å². The Labute approximate surface area is 173 Å². The second-order valence-corrected chi connectivity index (χ2v) is 9.18. The molecule has 1 fully saturated rings. The molecular formula is C23H32N4O2. The van der Waals surface area contributed by atoms with Crippen LogP contribution in [0.4, 0.5) is 0 Å². The number of nitrogens with one attached hydrogen (secondary N) is 1. The van der Waals surface area contributed by atoms with Crippen molar-refractivity contribution in [2.45, 2.75) is 58.7 Å². The molecule has 0 unspecified atom stereocenters. The third-order valence-electron chi connectivity index (χ3n) is 5.93. The van der Waals surface area contributed by atoms with Gasteiger partial charge in [-0.3, -0.25) is 14.4 Å². The Bertz CT molecular complexity index is 866. The number of nitrogens with zero attached hydrogens (tertiary/aromatic N) is 3. The molecule has 1 saturated heterocycles. The standard InChI is InChI=1S/C23H32N4O2/c1-17-12-25-27(14-17)16-21(28)24-13-18-7-9-26(10-8-18)15-20-6-4-5-19-11-23(2,3)29-22(19)20/h4-6,12,14,18H,7-11,13,15-16H2,1-3H3,(H,24,28). The number of fused-ring (bicyclic) bond motifs is 1. The van der Waals surface area contributed by atoms with Crippen LogP contribution in [0.15, 0.2) is 30.6 Å². The monoisotopic (exact) mass is 396 g/mol. The minimum atomic E-state index is -0.0987. The van der Waals surface area contributed by atoms with Gasteiger partial charge in [0, 0.05) is 31.3 Å². The zero-order valence-electron chi connectivity index (χ0n) is 17.8. The summed E-state index contributed by atoms with van der Waals surface area (Å²) in [5, 5.41) is 7.25. The van der Waals surface area contributed by atoms with E-state index in [9.17, 15) is 4.79 Å². The van der Waals surface area contributed by atoms with E-state index in [0.29, 0.717) is 12.5 Å². The van der Waals surface area contributed by atoms with Crippen molar-refractivity contribution in [2.24, 2.45) is 5.92 Å². The van der Waals surface area contributed by atoms with E-state index < -0.39 is 0 Å². The normalized spacial score (nSPS) is 19.0. The minimum Gasteiger partial charge on any atom is -0.487 e. The molecule has 6 nitrogen and oxygen atoms in total. The minimum absolute atomic E-state index is 0.0372. The number of ether oxygens (including phenoxy) is 1. The summed E-state index contributed by atoms with van der Waals surface area (Å²) in [4.78, 5) is 14.6. The molecule has 0 spiro atoms. The fourth-order valence-corrected chi connectivity index (χ4v) is 4.41. The molecule has 0 bridgehead atoms. The molecule has 3 heterocycles. The van der Waals surface area contributed by atoms with Crippen molar-refractivity contribution in [3.63, 3.8) is 0 Å². The van der Waals surface area contributed by atoms with Crippen LogP contribution in [0.1, 0.15) is 43.4 Å². The Morgan fingerprint density at radius 2 is 2.10 bits per heavy atom. The van der Waals surface area contributed by atoms with Crippen LogP contribution in [0.2, 0.25) is 0 Å². The van der Waals surface area contributed by atoms with Gasteiger partial charge in [-0.2, -0.15) is 5.10 Å². The molecular weight excluding hydrogens is 364 g/mol. The number of para-hydroxylation sites is 1. The van der Waals surface area contributed by atoms with Crippen molar-refractivity contribution in [3.8, 4) is 5.75 Å². The van der Waals surface area contributed by atoms with Crippen molar-refractivity contribution in [3.05, 3.63) is 47.3 Å². The van der Waals surface area contributed by atoms with Crippen LogP contribution in [0.5, 0.6) is 5.75 Å². The first-order valence-corrected chi connectivity index (χ1v) is 10.7. The lowest BCUT2D eigenvalue weighted by atomic mass is 9.96. The van der Waals surface area contributed by atoms with Crippen LogP contribution >= 0.6 is 0 Å². The maximum Gasteiger partial charge on any atom is 0.241 e. The van der Waals surface area contributed by atoms with Gasteiger partial charge < -0.3 is 10.1 Å². The zero-order chi connectivity index (χ0) is 20.4. The molecule has 29 heavy (non-hydrogen) atoms. The van der Waals surface area contributed by atoms with Gasteiger partial charge >= 0.3 is 0 Å². The Balaban J connectivity index is 1.22. The lowest BCUT2D eigenvalue weighted by molar-refractivity contribution is -0.122. The topological polar surface area (TPSA) is 59.4 Å². The molecule has 2 aliphatic heterocycles. The van der Waals surface area contributed by atoms with Gasteiger partial charge in [0.2, 0.25) is 5.91 Å². The number of carbonyl (C=O) groups is 1. The fourth-order valence-electron chi connectivity index (χ4n) is 4.41. The van der Waals surface area contributed by atoms with Crippen molar-refractivity contribution in [2.75, 3.05) is 19.6 Å². The highest BCUT2D eigenvalue weighted by molar-refractivity contribution is 5.75. The van der Waals surface area contributed by atoms with Crippen LogP contribution in [-0.2, 0) is 24.3 Å². The molecule has 156 valence electrons. The highest BCUT2D eigenvalue weighted by Crippen LogP contribution is 2.38. The second kappa shape index (κ2) is 8.19. The average Bonchev–Trinajstić information content (AvgIpc) is 3.22. The van der Waals surface area contributed by atoms with Crippen LogP contribution in [0, 0.1) is 12.8 Å². The van der Waals surface area contributed by atoms with Crippen LogP contribution in [0.25, 0.3) is 0 Å².